The van der Waals surface area contributed by atoms with Crippen molar-refractivity contribution in [3.63, 3.8) is 0 Å². The molecule has 0 radical (unpaired) electrons. The fourth-order valence-corrected chi connectivity index (χ4v) is 5.20. The molecule has 1 amide bonds. The van der Waals surface area contributed by atoms with E-state index in [1.165, 1.54) is 0 Å². The van der Waals surface area contributed by atoms with Crippen LogP contribution in [0, 0.1) is 0 Å². The summed E-state index contributed by atoms with van der Waals surface area (Å²) in [4.78, 5) is 33.2. The number of aromatic nitrogens is 2. The van der Waals surface area contributed by atoms with E-state index in [9.17, 15) is 9.59 Å². The summed E-state index contributed by atoms with van der Waals surface area (Å²) >= 11 is 8.02. The molecule has 1 aromatic carbocycles. The third-order valence-corrected chi connectivity index (χ3v) is 7.11. The van der Waals surface area contributed by atoms with Gasteiger partial charge in [-0.05, 0) is 43.2 Å². The number of nitrogens with zero attached hydrogens (tertiary/aromatic N) is 3. The number of Topliss-reactive ketones (excluding diaryl/α,β-unsaturated/α-hetero) is 1. The summed E-state index contributed by atoms with van der Waals surface area (Å²) in [5, 5.41) is 6.48. The molecule has 31 heavy (non-hydrogen) atoms. The maximum atomic E-state index is 13.1. The Morgan fingerprint density at radius 1 is 1.26 bits per heavy atom. The lowest BCUT2D eigenvalue weighted by Gasteiger charge is -2.44. The van der Waals surface area contributed by atoms with E-state index in [1.807, 2.05) is 35.7 Å². The fourth-order valence-electron chi connectivity index (χ4n) is 4.26. The van der Waals surface area contributed by atoms with Crippen LogP contribution in [0.5, 0.6) is 0 Å². The van der Waals surface area contributed by atoms with Crippen LogP contribution in [0.25, 0.3) is 10.7 Å². The quantitative estimate of drug-likeness (QED) is 0.483. The van der Waals surface area contributed by atoms with Crippen LogP contribution >= 0.6 is 22.9 Å². The summed E-state index contributed by atoms with van der Waals surface area (Å²) in [5.74, 6) is 1.04. The molecule has 3 aromatic rings. The van der Waals surface area contributed by atoms with Gasteiger partial charge in [-0.15, -0.1) is 11.3 Å². The molecular weight excluding hydrogens is 434 g/mol. The van der Waals surface area contributed by atoms with Crippen LogP contribution in [0.3, 0.4) is 0 Å². The third kappa shape index (κ3) is 4.29. The van der Waals surface area contributed by atoms with Gasteiger partial charge in [0.1, 0.15) is 5.54 Å². The average molecular weight is 458 g/mol. The Balaban J connectivity index is 1.45. The number of thiophene rings is 1. The predicted molar refractivity (Wildman–Crippen MR) is 120 cm³/mol. The number of hydrogen-bond donors (Lipinski definition) is 0. The van der Waals surface area contributed by atoms with Crippen molar-refractivity contribution in [3.8, 4) is 10.7 Å². The Labute approximate surface area is 190 Å². The molecule has 1 atom stereocenters. The number of likely N-dealkylation sites (N-methyl/N-ethyl adjacent to an activating group) is 1. The normalized spacial score (nSPS) is 18.8. The fraction of sp³-hybridized carbons (Fsp3) is 0.391. The summed E-state index contributed by atoms with van der Waals surface area (Å²) in [7, 11) is 1.72. The number of rotatable bonds is 7. The topological polar surface area (TPSA) is 76.3 Å². The largest absolute Gasteiger partial charge is 0.339 e. The van der Waals surface area contributed by atoms with Crippen molar-refractivity contribution in [1.82, 2.24) is 15.0 Å². The molecule has 8 heteroatoms. The van der Waals surface area contributed by atoms with Crippen molar-refractivity contribution in [2.24, 2.45) is 0 Å². The number of benzene rings is 1. The van der Waals surface area contributed by atoms with Crippen LogP contribution in [0.4, 0.5) is 0 Å². The lowest BCUT2D eigenvalue weighted by molar-refractivity contribution is -0.148. The molecule has 0 bridgehead atoms. The molecule has 0 saturated heterocycles. The molecule has 2 heterocycles. The summed E-state index contributed by atoms with van der Waals surface area (Å²) in [6.45, 7) is 0. The van der Waals surface area contributed by atoms with Crippen LogP contribution in [-0.2, 0) is 21.5 Å². The van der Waals surface area contributed by atoms with Gasteiger partial charge < -0.3 is 9.42 Å². The number of halogens is 1. The van der Waals surface area contributed by atoms with Crippen molar-refractivity contribution < 1.29 is 14.1 Å². The lowest BCUT2D eigenvalue weighted by atomic mass is 9.74. The van der Waals surface area contributed by atoms with Gasteiger partial charge in [0.05, 0.1) is 4.88 Å². The van der Waals surface area contributed by atoms with Gasteiger partial charge in [0.2, 0.25) is 17.6 Å². The van der Waals surface area contributed by atoms with Crippen LogP contribution in [-0.4, -0.2) is 33.8 Å². The van der Waals surface area contributed by atoms with E-state index in [-0.39, 0.29) is 18.1 Å². The van der Waals surface area contributed by atoms with Gasteiger partial charge in [-0.3, -0.25) is 9.59 Å². The SMILES string of the molecule is CN(C(=O)CCCc1nc(-c2cccs2)no1)C1(c2ccccc2Cl)CCCCC1=O. The van der Waals surface area contributed by atoms with E-state index in [0.717, 1.165) is 23.3 Å². The average Bonchev–Trinajstić information content (AvgIpc) is 3.46. The first-order chi connectivity index (χ1) is 15.0. The molecule has 0 N–H and O–H groups in total. The van der Waals surface area contributed by atoms with Crippen molar-refractivity contribution in [3.05, 3.63) is 58.3 Å². The van der Waals surface area contributed by atoms with Gasteiger partial charge in [-0.1, -0.05) is 41.0 Å². The van der Waals surface area contributed by atoms with E-state index in [4.69, 9.17) is 16.1 Å². The predicted octanol–water partition coefficient (Wildman–Crippen LogP) is 5.27. The van der Waals surface area contributed by atoms with E-state index in [1.54, 1.807) is 29.4 Å². The minimum atomic E-state index is -0.996. The number of hydrogen-bond acceptors (Lipinski definition) is 6. The molecule has 162 valence electrons. The van der Waals surface area contributed by atoms with E-state index < -0.39 is 5.54 Å². The summed E-state index contributed by atoms with van der Waals surface area (Å²) in [6, 6.07) is 11.2. The zero-order valence-corrected chi connectivity index (χ0v) is 18.9. The van der Waals surface area contributed by atoms with Gasteiger partial charge in [-0.2, -0.15) is 4.98 Å². The smallest absolute Gasteiger partial charge is 0.226 e. The number of aryl methyl sites for hydroxylation is 1. The van der Waals surface area contributed by atoms with Crippen molar-refractivity contribution in [2.75, 3.05) is 7.05 Å². The molecule has 1 aliphatic rings. The molecule has 2 aromatic heterocycles. The van der Waals surface area contributed by atoms with Gasteiger partial charge in [0.15, 0.2) is 5.78 Å². The summed E-state index contributed by atoms with van der Waals surface area (Å²) in [6.07, 6.45) is 4.11. The second kappa shape index (κ2) is 9.32. The zero-order chi connectivity index (χ0) is 21.8. The lowest BCUT2D eigenvalue weighted by Crippen LogP contribution is -2.54. The van der Waals surface area contributed by atoms with Gasteiger partial charge in [0.25, 0.3) is 0 Å². The second-order valence-electron chi connectivity index (χ2n) is 7.77. The molecule has 1 aliphatic carbocycles. The van der Waals surface area contributed by atoms with Crippen molar-refractivity contribution >= 4 is 34.6 Å². The standard InChI is InChI=1S/C23H24ClN3O3S/c1-27(23(14-5-4-11-19(23)28)16-8-2-3-9-17(16)24)21(29)13-6-12-20-25-22(26-30-20)18-10-7-15-31-18/h2-3,7-10,15H,4-6,11-14H2,1H3. The molecule has 0 spiro atoms. The van der Waals surface area contributed by atoms with E-state index >= 15 is 0 Å². The highest BCUT2D eigenvalue weighted by molar-refractivity contribution is 7.13. The number of carbonyl (C=O) groups excluding carboxylic acids is 2. The van der Waals surface area contributed by atoms with E-state index in [2.05, 4.69) is 10.1 Å². The Bertz CT molecular complexity index is 1070. The Morgan fingerprint density at radius 2 is 2.10 bits per heavy atom. The van der Waals surface area contributed by atoms with Crippen LogP contribution in [0.1, 0.15) is 50.0 Å². The van der Waals surface area contributed by atoms with Crippen molar-refractivity contribution in [1.29, 1.82) is 0 Å². The van der Waals surface area contributed by atoms with Crippen LogP contribution in [0.2, 0.25) is 5.02 Å². The summed E-state index contributed by atoms with van der Waals surface area (Å²) in [5.41, 5.74) is -0.278. The molecular formula is C23H24ClN3O3S. The Morgan fingerprint density at radius 3 is 2.84 bits per heavy atom. The highest BCUT2D eigenvalue weighted by Gasteiger charge is 2.47. The molecule has 1 unspecified atom stereocenters. The second-order valence-corrected chi connectivity index (χ2v) is 9.12. The minimum Gasteiger partial charge on any atom is -0.339 e. The number of carbonyl (C=O) groups is 2. The van der Waals surface area contributed by atoms with Crippen LogP contribution in [0.15, 0.2) is 46.3 Å². The Hall–Kier alpha value is -2.51. The van der Waals surface area contributed by atoms with E-state index in [0.29, 0.717) is 42.4 Å². The number of ketones is 1. The first-order valence-electron chi connectivity index (χ1n) is 10.4. The summed E-state index contributed by atoms with van der Waals surface area (Å²) < 4.78 is 5.32. The minimum absolute atomic E-state index is 0.0557. The maximum absolute atomic E-state index is 13.1. The number of amides is 1. The highest BCUT2D eigenvalue weighted by Crippen LogP contribution is 2.42. The molecule has 0 aliphatic heterocycles. The van der Waals surface area contributed by atoms with Gasteiger partial charge in [0, 0.05) is 36.9 Å². The van der Waals surface area contributed by atoms with Gasteiger partial charge >= 0.3 is 0 Å². The molecule has 1 saturated carbocycles. The first-order valence-corrected chi connectivity index (χ1v) is 11.7. The Kier molecular flexibility index (Phi) is 6.53. The van der Waals surface area contributed by atoms with Crippen molar-refractivity contribution in [2.45, 2.75) is 50.5 Å². The maximum Gasteiger partial charge on any atom is 0.226 e. The monoisotopic (exact) mass is 457 g/mol. The zero-order valence-electron chi connectivity index (χ0n) is 17.3. The van der Waals surface area contributed by atoms with Gasteiger partial charge in [-0.25, -0.2) is 0 Å². The molecule has 4 rings (SSSR count). The van der Waals surface area contributed by atoms with Crippen LogP contribution < -0.4 is 0 Å². The molecule has 6 nitrogen and oxygen atoms in total. The first kappa shape index (κ1) is 21.7. The third-order valence-electron chi connectivity index (χ3n) is 5.91. The highest BCUT2D eigenvalue weighted by atomic mass is 35.5. The molecule has 1 fully saturated rings.